The summed E-state index contributed by atoms with van der Waals surface area (Å²) in [7, 11) is 1.32. The van der Waals surface area contributed by atoms with Gasteiger partial charge in [-0.05, 0) is 73.0 Å². The zero-order valence-electron chi connectivity index (χ0n) is 27.5. The number of methoxy groups -OCH3 is 1. The zero-order chi connectivity index (χ0) is 35.6. The lowest BCUT2D eigenvalue weighted by molar-refractivity contribution is -0.116. The second-order valence-corrected chi connectivity index (χ2v) is 14.2. The molecular weight excluding hydrogens is 734 g/mol. The van der Waals surface area contributed by atoms with Gasteiger partial charge in [0, 0.05) is 31.6 Å². The first-order valence-electron chi connectivity index (χ1n) is 15.6. The van der Waals surface area contributed by atoms with E-state index in [1.165, 1.54) is 30.2 Å². The summed E-state index contributed by atoms with van der Waals surface area (Å²) in [5, 5.41) is 10.3. The van der Waals surface area contributed by atoms with Gasteiger partial charge in [-0.2, -0.15) is 0 Å². The maximum Gasteiger partial charge on any atom is 0.341 e. The van der Waals surface area contributed by atoms with Gasteiger partial charge in [0.1, 0.15) is 16.3 Å². The van der Waals surface area contributed by atoms with Gasteiger partial charge in [-0.25, -0.2) is 4.79 Å². The van der Waals surface area contributed by atoms with E-state index in [2.05, 4.69) is 31.9 Å². The Morgan fingerprint density at radius 2 is 1.64 bits per heavy atom. The smallest absolute Gasteiger partial charge is 0.341 e. The van der Waals surface area contributed by atoms with Gasteiger partial charge in [-0.1, -0.05) is 89.1 Å². The Labute approximate surface area is 307 Å². The van der Waals surface area contributed by atoms with Crippen molar-refractivity contribution in [1.29, 1.82) is 0 Å². The maximum atomic E-state index is 13.6. The minimum absolute atomic E-state index is 0.0585. The molecule has 1 unspecified atom stereocenters. The average Bonchev–Trinajstić information content (AvgIpc) is 3.54. The Morgan fingerprint density at radius 3 is 2.34 bits per heavy atom. The van der Waals surface area contributed by atoms with Gasteiger partial charge in [-0.15, -0.1) is 23.1 Å². The lowest BCUT2D eigenvalue weighted by Gasteiger charge is -2.16. The number of anilines is 2. The fourth-order valence-corrected chi connectivity index (χ4v) is 7.32. The van der Waals surface area contributed by atoms with E-state index < -0.39 is 23.0 Å². The monoisotopic (exact) mass is 767 g/mol. The van der Waals surface area contributed by atoms with E-state index in [0.717, 1.165) is 20.5 Å². The van der Waals surface area contributed by atoms with Gasteiger partial charge in [0.15, 0.2) is 0 Å². The largest absolute Gasteiger partial charge is 0.465 e. The number of carbonyl (C=O) groups excluding carboxylic acids is 4. The van der Waals surface area contributed by atoms with Gasteiger partial charge in [-0.3, -0.25) is 14.4 Å². The Bertz CT molecular complexity index is 2040. The molecule has 0 radical (unpaired) electrons. The summed E-state index contributed by atoms with van der Waals surface area (Å²) in [5.41, 5.74) is 4.61. The van der Waals surface area contributed by atoms with Crippen molar-refractivity contribution in [3.8, 4) is 11.1 Å². The molecule has 1 aromatic heterocycles. The number of halogens is 1. The van der Waals surface area contributed by atoms with Gasteiger partial charge >= 0.3 is 5.97 Å². The highest BCUT2D eigenvalue weighted by molar-refractivity contribution is 9.10. The fourth-order valence-electron chi connectivity index (χ4n) is 4.93. The van der Waals surface area contributed by atoms with E-state index >= 15 is 0 Å². The minimum Gasteiger partial charge on any atom is -0.465 e. The van der Waals surface area contributed by atoms with Gasteiger partial charge in [0.2, 0.25) is 5.91 Å². The molecule has 0 aliphatic carbocycles. The highest BCUT2D eigenvalue weighted by atomic mass is 79.9. The maximum absolute atomic E-state index is 13.6. The Kier molecular flexibility index (Phi) is 12.4. The van der Waals surface area contributed by atoms with Crippen molar-refractivity contribution < 1.29 is 23.9 Å². The third-order valence-electron chi connectivity index (χ3n) is 7.50. The van der Waals surface area contributed by atoms with E-state index in [4.69, 9.17) is 4.74 Å². The molecular formula is C39H34BrN3O5S2. The van der Waals surface area contributed by atoms with Gasteiger partial charge in [0.25, 0.3) is 11.8 Å². The van der Waals surface area contributed by atoms with Gasteiger partial charge in [0.05, 0.1) is 12.4 Å². The van der Waals surface area contributed by atoms with Crippen LogP contribution in [0, 0.1) is 6.92 Å². The van der Waals surface area contributed by atoms with Crippen LogP contribution in [0.4, 0.5) is 10.7 Å². The zero-order valence-corrected chi connectivity index (χ0v) is 30.7. The highest BCUT2D eigenvalue weighted by Crippen LogP contribution is 2.37. The van der Waals surface area contributed by atoms with Crippen LogP contribution in [0.1, 0.15) is 45.2 Å². The molecule has 0 saturated heterocycles. The van der Waals surface area contributed by atoms with Crippen LogP contribution >= 0.6 is 39.0 Å². The highest BCUT2D eigenvalue weighted by Gasteiger charge is 2.25. The van der Waals surface area contributed by atoms with Crippen molar-refractivity contribution in [1.82, 2.24) is 5.32 Å². The van der Waals surface area contributed by atoms with Crippen LogP contribution < -0.4 is 16.0 Å². The molecule has 3 N–H and O–H groups in total. The molecule has 11 heteroatoms. The van der Waals surface area contributed by atoms with E-state index in [1.54, 1.807) is 48.5 Å². The van der Waals surface area contributed by atoms with Crippen LogP contribution in [0.2, 0.25) is 0 Å². The summed E-state index contributed by atoms with van der Waals surface area (Å²) < 4.78 is 5.90. The molecule has 50 heavy (non-hydrogen) atoms. The normalized spacial score (nSPS) is 11.7. The molecule has 1 atom stereocenters. The molecule has 8 nitrogen and oxygen atoms in total. The van der Waals surface area contributed by atoms with Crippen LogP contribution in [0.5, 0.6) is 0 Å². The number of hydrogen-bond donors (Lipinski definition) is 3. The van der Waals surface area contributed by atoms with Crippen LogP contribution in [-0.4, -0.2) is 36.1 Å². The number of carbonyl (C=O) groups is 4. The number of thioether (sulfide) groups is 1. The molecule has 0 spiro atoms. The molecule has 0 saturated carbocycles. The van der Waals surface area contributed by atoms with Crippen molar-refractivity contribution in [2.45, 2.75) is 30.4 Å². The lowest BCUT2D eigenvalue weighted by atomic mass is 10.0. The number of benzene rings is 4. The van der Waals surface area contributed by atoms with Crippen LogP contribution in [0.15, 0.2) is 124 Å². The number of hydrogen-bond acceptors (Lipinski definition) is 7. The van der Waals surface area contributed by atoms with E-state index in [0.29, 0.717) is 39.4 Å². The Hall–Kier alpha value is -4.97. The summed E-state index contributed by atoms with van der Waals surface area (Å²) in [6, 6.07) is 31.0. The Balaban J connectivity index is 1.32. The molecule has 0 fully saturated rings. The number of rotatable bonds is 12. The third-order valence-corrected chi connectivity index (χ3v) is 10.2. The first kappa shape index (κ1) is 36.3. The Morgan fingerprint density at radius 1 is 0.900 bits per heavy atom. The van der Waals surface area contributed by atoms with Crippen molar-refractivity contribution in [2.75, 3.05) is 17.7 Å². The van der Waals surface area contributed by atoms with E-state index in [9.17, 15) is 19.2 Å². The van der Waals surface area contributed by atoms with E-state index in [1.807, 2.05) is 79.9 Å². The van der Waals surface area contributed by atoms with Crippen molar-refractivity contribution in [2.24, 2.45) is 0 Å². The van der Waals surface area contributed by atoms with Crippen molar-refractivity contribution in [3.63, 3.8) is 0 Å². The molecule has 3 amide bonds. The number of thiophene rings is 1. The number of nitrogens with one attached hydrogen (secondary N) is 3. The predicted octanol–water partition coefficient (Wildman–Crippen LogP) is 9.19. The molecule has 254 valence electrons. The second kappa shape index (κ2) is 17.1. The number of ether oxygens (including phenoxy) is 1. The topological polar surface area (TPSA) is 114 Å². The fraction of sp³-hybridized carbons (Fsp3) is 0.128. The molecule has 5 rings (SSSR count). The molecule has 0 aliphatic rings. The second-order valence-electron chi connectivity index (χ2n) is 11.1. The number of amides is 3. The number of esters is 1. The summed E-state index contributed by atoms with van der Waals surface area (Å²) in [6.07, 6.45) is 2.11. The minimum atomic E-state index is -0.533. The molecule has 1 heterocycles. The standard InChI is InChI=1S/C39H34BrN3O5S2/c1-4-33(37(46)43-38-34(39(47)48-3)31(23-49-38)26-18-16-24(2)17-19-26)50-30-15-9-14-29(22-30)41-36(45)32(21-25-10-8-13-28(40)20-25)42-35(44)27-11-6-5-7-12-27/h5-23,33H,4H2,1-3H3,(H,41,45)(H,42,44)(H,43,46)/b32-21+. The quantitative estimate of drug-likeness (QED) is 0.0663. The summed E-state index contributed by atoms with van der Waals surface area (Å²) in [5.74, 6) is -1.74. The average molecular weight is 769 g/mol. The van der Waals surface area contributed by atoms with Crippen LogP contribution in [0.25, 0.3) is 17.2 Å². The SMILES string of the molecule is CCC(Sc1cccc(NC(=O)/C(=C\c2cccc(Br)c2)NC(=O)c2ccccc2)c1)C(=O)Nc1scc(-c2ccc(C)cc2)c1C(=O)OC. The molecule has 0 bridgehead atoms. The summed E-state index contributed by atoms with van der Waals surface area (Å²) >= 11 is 6.06. The first-order valence-corrected chi connectivity index (χ1v) is 18.2. The third kappa shape index (κ3) is 9.38. The van der Waals surface area contributed by atoms with Crippen LogP contribution in [-0.2, 0) is 14.3 Å². The van der Waals surface area contributed by atoms with Crippen molar-refractivity contribution in [3.05, 3.63) is 141 Å². The lowest BCUT2D eigenvalue weighted by Crippen LogP contribution is -2.30. The summed E-state index contributed by atoms with van der Waals surface area (Å²) in [6.45, 7) is 3.90. The van der Waals surface area contributed by atoms with Gasteiger partial charge < -0.3 is 20.7 Å². The molecule has 4 aromatic carbocycles. The predicted molar refractivity (Wildman–Crippen MR) is 205 cm³/mol. The molecule has 0 aliphatic heterocycles. The van der Waals surface area contributed by atoms with Crippen LogP contribution in [0.3, 0.4) is 0 Å². The van der Waals surface area contributed by atoms with E-state index in [-0.39, 0.29) is 11.6 Å². The summed E-state index contributed by atoms with van der Waals surface area (Å²) in [4.78, 5) is 53.8. The number of aryl methyl sites for hydroxylation is 1. The first-order chi connectivity index (χ1) is 24.1. The van der Waals surface area contributed by atoms with Crippen molar-refractivity contribution >= 4 is 79.5 Å². The molecule has 5 aromatic rings.